The number of carbonyl (C=O) groups excluding carboxylic acids is 1. The Morgan fingerprint density at radius 1 is 1.32 bits per heavy atom. The minimum absolute atomic E-state index is 0.189. The van der Waals surface area contributed by atoms with Gasteiger partial charge in [0.05, 0.1) is 11.4 Å². The molecule has 0 fully saturated rings. The van der Waals surface area contributed by atoms with E-state index < -0.39 is 5.97 Å². The summed E-state index contributed by atoms with van der Waals surface area (Å²) in [6.45, 7) is 2.88. The van der Waals surface area contributed by atoms with Crippen LogP contribution in [0.25, 0.3) is 10.2 Å². The van der Waals surface area contributed by atoms with Crippen LogP contribution in [0.4, 0.5) is 5.82 Å². The molecule has 1 N–H and O–H groups in total. The maximum absolute atomic E-state index is 10.8. The van der Waals surface area contributed by atoms with Crippen LogP contribution in [0.15, 0.2) is 30.6 Å². The zero-order valence-electron chi connectivity index (χ0n) is 13.9. The molecule has 25 heavy (non-hydrogen) atoms. The lowest BCUT2D eigenvalue weighted by Crippen LogP contribution is -2.22. The van der Waals surface area contributed by atoms with Crippen molar-refractivity contribution in [1.82, 2.24) is 9.97 Å². The zero-order valence-corrected chi connectivity index (χ0v) is 14.7. The zero-order chi connectivity index (χ0) is 17.4. The van der Waals surface area contributed by atoms with Gasteiger partial charge in [-0.1, -0.05) is 31.2 Å². The topological polar surface area (TPSA) is 77.9 Å². The third-order valence-electron chi connectivity index (χ3n) is 4.74. The Labute approximate surface area is 149 Å². The monoisotopic (exact) mass is 352 g/mol. The van der Waals surface area contributed by atoms with Crippen LogP contribution in [-0.2, 0) is 19.4 Å². The van der Waals surface area contributed by atoms with E-state index in [0.717, 1.165) is 40.4 Å². The van der Waals surface area contributed by atoms with Crippen molar-refractivity contribution < 1.29 is 9.90 Å². The number of nitrogens with zero attached hydrogens (tertiary/aromatic N) is 2. The van der Waals surface area contributed by atoms with E-state index in [2.05, 4.69) is 22.2 Å². The molecule has 3 aromatic rings. The fourth-order valence-corrected chi connectivity index (χ4v) is 4.70. The second-order valence-electron chi connectivity index (χ2n) is 6.59. The molecule has 1 atom stereocenters. The number of thiophene rings is 1. The van der Waals surface area contributed by atoms with E-state index in [1.165, 1.54) is 16.9 Å². The highest BCUT2D eigenvalue weighted by Crippen LogP contribution is 2.39. The third kappa shape index (κ3) is 3.09. The fourth-order valence-electron chi connectivity index (χ4n) is 3.35. The van der Waals surface area contributed by atoms with Crippen molar-refractivity contribution in [1.29, 1.82) is 0 Å². The van der Waals surface area contributed by atoms with Crippen molar-refractivity contribution in [2.75, 3.05) is 5.32 Å². The van der Waals surface area contributed by atoms with Gasteiger partial charge in [0.25, 0.3) is 0 Å². The van der Waals surface area contributed by atoms with Gasteiger partial charge in [0.2, 0.25) is 0 Å². The number of aromatic nitrogens is 2. The van der Waals surface area contributed by atoms with Crippen LogP contribution in [0.5, 0.6) is 0 Å². The Balaban J connectivity index is 1.60. The predicted molar refractivity (Wildman–Crippen MR) is 96.7 cm³/mol. The Morgan fingerprint density at radius 3 is 2.88 bits per heavy atom. The molecule has 1 aromatic carbocycles. The second kappa shape index (κ2) is 6.44. The average molecular weight is 352 g/mol. The van der Waals surface area contributed by atoms with Crippen LogP contribution in [0.2, 0.25) is 0 Å². The lowest BCUT2D eigenvalue weighted by atomic mass is 9.89. The maximum Gasteiger partial charge on any atom is 0.138 e. The summed E-state index contributed by atoms with van der Waals surface area (Å²) in [5, 5.41) is 15.4. The summed E-state index contributed by atoms with van der Waals surface area (Å²) in [7, 11) is 0. The molecule has 5 nitrogen and oxygen atoms in total. The summed E-state index contributed by atoms with van der Waals surface area (Å²) in [6.07, 6.45) is 5.02. The van der Waals surface area contributed by atoms with Crippen molar-refractivity contribution in [2.24, 2.45) is 5.92 Å². The molecule has 0 bridgehead atoms. The van der Waals surface area contributed by atoms with Gasteiger partial charge in [-0.25, -0.2) is 9.97 Å². The van der Waals surface area contributed by atoms with Crippen molar-refractivity contribution in [3.05, 3.63) is 52.2 Å². The van der Waals surface area contributed by atoms with Crippen LogP contribution in [0.1, 0.15) is 39.7 Å². The van der Waals surface area contributed by atoms with Gasteiger partial charge in [-0.2, -0.15) is 0 Å². The number of hydrogen-bond acceptors (Lipinski definition) is 6. The number of carboxylic acid groups (broad SMARTS) is 1. The minimum Gasteiger partial charge on any atom is -0.545 e. The number of aryl methyl sites for hydroxylation is 1. The smallest absolute Gasteiger partial charge is 0.138 e. The Kier molecular flexibility index (Phi) is 4.13. The van der Waals surface area contributed by atoms with Crippen molar-refractivity contribution in [3.8, 4) is 0 Å². The van der Waals surface area contributed by atoms with Crippen molar-refractivity contribution in [2.45, 2.75) is 32.7 Å². The first-order valence-electron chi connectivity index (χ1n) is 8.41. The number of anilines is 1. The van der Waals surface area contributed by atoms with Gasteiger partial charge in [-0.05, 0) is 41.9 Å². The number of hydrogen-bond donors (Lipinski definition) is 1. The highest BCUT2D eigenvalue weighted by atomic mass is 32.1. The number of fused-ring (bicyclic) bond motifs is 3. The van der Waals surface area contributed by atoms with Crippen molar-refractivity contribution >= 4 is 33.3 Å². The average Bonchev–Trinajstić information content (AvgIpc) is 2.98. The van der Waals surface area contributed by atoms with Gasteiger partial charge >= 0.3 is 0 Å². The summed E-state index contributed by atoms with van der Waals surface area (Å²) < 4.78 is 0. The van der Waals surface area contributed by atoms with Gasteiger partial charge in [0, 0.05) is 11.4 Å². The molecule has 6 heteroatoms. The molecular formula is C19H18N3O2S-. The minimum atomic E-state index is -1.16. The number of carbonyl (C=O) groups is 1. The van der Waals surface area contributed by atoms with Crippen LogP contribution in [0, 0.1) is 5.92 Å². The molecule has 1 aliphatic carbocycles. The number of benzene rings is 1. The van der Waals surface area contributed by atoms with Crippen molar-refractivity contribution in [3.63, 3.8) is 0 Å². The Hall–Kier alpha value is -2.47. The summed E-state index contributed by atoms with van der Waals surface area (Å²) in [5.74, 6) is 0.435. The van der Waals surface area contributed by atoms with Gasteiger partial charge < -0.3 is 15.2 Å². The number of aromatic carboxylic acids is 1. The third-order valence-corrected chi connectivity index (χ3v) is 5.90. The molecule has 1 aliphatic rings. The van der Waals surface area contributed by atoms with Crippen LogP contribution < -0.4 is 10.4 Å². The standard InChI is InChI=1S/C19H19N3O2S/c1-11-2-7-14-15(8-11)25-18-16(14)17(21-10-22-18)20-9-12-3-5-13(6-4-12)19(23)24/h3-6,10-11H,2,7-9H2,1H3,(H,23,24)(H,20,21,22)/p-1/t11-/m0/s1. The molecule has 0 saturated heterocycles. The quantitative estimate of drug-likeness (QED) is 0.781. The largest absolute Gasteiger partial charge is 0.545 e. The molecular weight excluding hydrogens is 334 g/mol. The lowest BCUT2D eigenvalue weighted by Gasteiger charge is -2.18. The number of rotatable bonds is 4. The first-order valence-corrected chi connectivity index (χ1v) is 9.23. The highest BCUT2D eigenvalue weighted by molar-refractivity contribution is 7.19. The molecule has 0 aliphatic heterocycles. The summed E-state index contributed by atoms with van der Waals surface area (Å²) in [5.41, 5.74) is 2.58. The summed E-state index contributed by atoms with van der Waals surface area (Å²) >= 11 is 1.78. The normalized spacial score (nSPS) is 16.6. The van der Waals surface area contributed by atoms with E-state index >= 15 is 0 Å². The molecule has 0 radical (unpaired) electrons. The van der Waals surface area contributed by atoms with E-state index in [1.54, 1.807) is 41.9 Å². The molecule has 4 rings (SSSR count). The van der Waals surface area contributed by atoms with E-state index in [0.29, 0.717) is 6.54 Å². The summed E-state index contributed by atoms with van der Waals surface area (Å²) in [4.78, 5) is 22.2. The molecule has 0 unspecified atom stereocenters. The van der Waals surface area contributed by atoms with Gasteiger partial charge in [-0.3, -0.25) is 0 Å². The number of nitrogens with one attached hydrogen (secondary N) is 1. The Bertz CT molecular complexity index is 934. The number of carboxylic acids is 1. The summed E-state index contributed by atoms with van der Waals surface area (Å²) in [6, 6.07) is 6.72. The molecule has 2 aromatic heterocycles. The van der Waals surface area contributed by atoms with Gasteiger partial charge in [-0.15, -0.1) is 11.3 Å². The fraction of sp³-hybridized carbons (Fsp3) is 0.316. The van der Waals surface area contributed by atoms with Gasteiger partial charge in [0.1, 0.15) is 17.0 Å². The second-order valence-corrected chi connectivity index (χ2v) is 7.68. The first kappa shape index (κ1) is 16.0. The highest BCUT2D eigenvalue weighted by Gasteiger charge is 2.22. The van der Waals surface area contributed by atoms with E-state index in [9.17, 15) is 9.90 Å². The molecule has 128 valence electrons. The Morgan fingerprint density at radius 2 is 2.12 bits per heavy atom. The molecule has 2 heterocycles. The van der Waals surface area contributed by atoms with Crippen LogP contribution in [0.3, 0.4) is 0 Å². The molecule has 0 amide bonds. The first-order chi connectivity index (χ1) is 12.1. The van der Waals surface area contributed by atoms with Crippen LogP contribution >= 0.6 is 11.3 Å². The van der Waals surface area contributed by atoms with E-state index in [-0.39, 0.29) is 5.56 Å². The lowest BCUT2D eigenvalue weighted by molar-refractivity contribution is -0.255. The van der Waals surface area contributed by atoms with E-state index in [4.69, 9.17) is 0 Å². The van der Waals surface area contributed by atoms with E-state index in [1.807, 2.05) is 0 Å². The predicted octanol–water partition coefficient (Wildman–Crippen LogP) is 2.79. The molecule has 0 spiro atoms. The SMILES string of the molecule is C[C@H]1CCc2c(sc3ncnc(NCc4ccc(C(=O)[O-])cc4)c23)C1. The maximum atomic E-state index is 10.8. The van der Waals surface area contributed by atoms with Crippen LogP contribution in [-0.4, -0.2) is 15.9 Å². The van der Waals surface area contributed by atoms with Gasteiger partial charge in [0.15, 0.2) is 0 Å². The molecule has 0 saturated carbocycles.